The fraction of sp³-hybridized carbons (Fsp3) is 0.500. The van der Waals surface area contributed by atoms with Gasteiger partial charge < -0.3 is 16.2 Å². The van der Waals surface area contributed by atoms with E-state index >= 15 is 0 Å². The zero-order chi connectivity index (χ0) is 10.7. The Balaban J connectivity index is 1.93. The van der Waals surface area contributed by atoms with Crippen molar-refractivity contribution >= 4 is 5.69 Å². The second kappa shape index (κ2) is 4.64. The van der Waals surface area contributed by atoms with Gasteiger partial charge in [0.15, 0.2) is 0 Å². The van der Waals surface area contributed by atoms with Crippen LogP contribution in [-0.4, -0.2) is 17.2 Å². The summed E-state index contributed by atoms with van der Waals surface area (Å²) in [6, 6.07) is 8.78. The quantitative estimate of drug-likeness (QED) is 0.702. The fourth-order valence-corrected chi connectivity index (χ4v) is 2.09. The molecule has 1 aromatic carbocycles. The normalized spacial score (nSPS) is 25.5. The number of hydrogen-bond donors (Lipinski definition) is 3. The standard InChI is InChI=1S/C12H18N2O/c13-10-3-6-12(7-10)14-11-4-1-9(8-15)2-5-11/h1-2,4-5,10,12,14-15H,3,6-8,13H2. The Morgan fingerprint density at radius 2 is 2.00 bits per heavy atom. The highest BCUT2D eigenvalue weighted by Gasteiger charge is 2.21. The third-order valence-electron chi connectivity index (χ3n) is 2.98. The van der Waals surface area contributed by atoms with Gasteiger partial charge in [-0.2, -0.15) is 0 Å². The Labute approximate surface area is 90.3 Å². The van der Waals surface area contributed by atoms with Crippen LogP contribution in [0.15, 0.2) is 24.3 Å². The maximum absolute atomic E-state index is 8.91. The van der Waals surface area contributed by atoms with Crippen LogP contribution in [0.1, 0.15) is 24.8 Å². The summed E-state index contributed by atoms with van der Waals surface area (Å²) in [6.45, 7) is 0.106. The van der Waals surface area contributed by atoms with E-state index in [1.807, 2.05) is 24.3 Å². The first-order valence-electron chi connectivity index (χ1n) is 5.50. The Morgan fingerprint density at radius 3 is 2.53 bits per heavy atom. The molecule has 3 nitrogen and oxygen atoms in total. The van der Waals surface area contributed by atoms with Gasteiger partial charge in [-0.1, -0.05) is 12.1 Å². The summed E-state index contributed by atoms with van der Waals surface area (Å²) < 4.78 is 0. The number of aliphatic hydroxyl groups is 1. The highest BCUT2D eigenvalue weighted by molar-refractivity contribution is 5.45. The lowest BCUT2D eigenvalue weighted by molar-refractivity contribution is 0.282. The second-order valence-corrected chi connectivity index (χ2v) is 4.27. The van der Waals surface area contributed by atoms with Crippen molar-refractivity contribution in [2.45, 2.75) is 38.0 Å². The van der Waals surface area contributed by atoms with E-state index in [-0.39, 0.29) is 6.61 Å². The molecule has 4 N–H and O–H groups in total. The molecule has 2 unspecified atom stereocenters. The summed E-state index contributed by atoms with van der Waals surface area (Å²) in [6.07, 6.45) is 3.33. The summed E-state index contributed by atoms with van der Waals surface area (Å²) in [5, 5.41) is 12.4. The van der Waals surface area contributed by atoms with Gasteiger partial charge in [0.1, 0.15) is 0 Å². The van der Waals surface area contributed by atoms with Crippen LogP contribution < -0.4 is 11.1 Å². The molecule has 0 aromatic heterocycles. The summed E-state index contributed by atoms with van der Waals surface area (Å²) in [7, 11) is 0. The Bertz CT molecular complexity index is 310. The highest BCUT2D eigenvalue weighted by Crippen LogP contribution is 2.21. The number of nitrogens with two attached hydrogens (primary N) is 1. The van der Waals surface area contributed by atoms with E-state index in [4.69, 9.17) is 10.8 Å². The Hall–Kier alpha value is -1.06. The zero-order valence-corrected chi connectivity index (χ0v) is 8.82. The Morgan fingerprint density at radius 1 is 1.27 bits per heavy atom. The molecule has 0 radical (unpaired) electrons. The summed E-state index contributed by atoms with van der Waals surface area (Å²) in [5.41, 5.74) is 7.92. The predicted octanol–water partition coefficient (Wildman–Crippen LogP) is 1.47. The zero-order valence-electron chi connectivity index (χ0n) is 8.82. The average molecular weight is 206 g/mol. The number of aliphatic hydroxyl groups excluding tert-OH is 1. The highest BCUT2D eigenvalue weighted by atomic mass is 16.3. The van der Waals surface area contributed by atoms with Gasteiger partial charge in [-0.3, -0.25) is 0 Å². The van der Waals surface area contributed by atoms with E-state index in [0.29, 0.717) is 12.1 Å². The second-order valence-electron chi connectivity index (χ2n) is 4.27. The van der Waals surface area contributed by atoms with Gasteiger partial charge >= 0.3 is 0 Å². The van der Waals surface area contributed by atoms with Crippen LogP contribution in [0.5, 0.6) is 0 Å². The van der Waals surface area contributed by atoms with Gasteiger partial charge in [0.25, 0.3) is 0 Å². The molecule has 0 saturated heterocycles. The minimum absolute atomic E-state index is 0.106. The third-order valence-corrected chi connectivity index (χ3v) is 2.98. The lowest BCUT2D eigenvalue weighted by Crippen LogP contribution is -2.20. The summed E-state index contributed by atoms with van der Waals surface area (Å²) in [4.78, 5) is 0. The fourth-order valence-electron chi connectivity index (χ4n) is 2.09. The lowest BCUT2D eigenvalue weighted by atomic mass is 10.2. The van der Waals surface area contributed by atoms with Gasteiger partial charge in [-0.05, 0) is 37.0 Å². The molecule has 1 saturated carbocycles. The number of benzene rings is 1. The van der Waals surface area contributed by atoms with Crippen LogP contribution in [0.4, 0.5) is 5.69 Å². The van der Waals surface area contributed by atoms with Crippen molar-refractivity contribution in [1.82, 2.24) is 0 Å². The van der Waals surface area contributed by atoms with Crippen molar-refractivity contribution in [3.63, 3.8) is 0 Å². The van der Waals surface area contributed by atoms with Crippen molar-refractivity contribution in [1.29, 1.82) is 0 Å². The molecule has 15 heavy (non-hydrogen) atoms. The van der Waals surface area contributed by atoms with E-state index in [1.165, 1.54) is 0 Å². The summed E-state index contributed by atoms with van der Waals surface area (Å²) >= 11 is 0. The van der Waals surface area contributed by atoms with E-state index in [2.05, 4.69) is 5.32 Å². The maximum Gasteiger partial charge on any atom is 0.0681 e. The molecule has 1 fully saturated rings. The minimum Gasteiger partial charge on any atom is -0.392 e. The molecule has 82 valence electrons. The van der Waals surface area contributed by atoms with E-state index in [1.54, 1.807) is 0 Å². The van der Waals surface area contributed by atoms with Gasteiger partial charge in [0.05, 0.1) is 6.61 Å². The largest absolute Gasteiger partial charge is 0.392 e. The summed E-state index contributed by atoms with van der Waals surface area (Å²) in [5.74, 6) is 0. The number of rotatable bonds is 3. The molecule has 0 spiro atoms. The van der Waals surface area contributed by atoms with Crippen molar-refractivity contribution in [3.8, 4) is 0 Å². The molecule has 2 atom stereocenters. The minimum atomic E-state index is 0.106. The van der Waals surface area contributed by atoms with Gasteiger partial charge in [0.2, 0.25) is 0 Å². The van der Waals surface area contributed by atoms with E-state index in [0.717, 1.165) is 30.5 Å². The van der Waals surface area contributed by atoms with Crippen molar-refractivity contribution in [2.75, 3.05) is 5.32 Å². The van der Waals surface area contributed by atoms with Crippen molar-refractivity contribution in [3.05, 3.63) is 29.8 Å². The first-order valence-corrected chi connectivity index (χ1v) is 5.50. The van der Waals surface area contributed by atoms with Crippen molar-refractivity contribution in [2.24, 2.45) is 5.73 Å². The molecule has 1 aromatic rings. The van der Waals surface area contributed by atoms with Crippen LogP contribution in [0.2, 0.25) is 0 Å². The molecule has 1 aliphatic rings. The van der Waals surface area contributed by atoms with E-state index in [9.17, 15) is 0 Å². The first-order chi connectivity index (χ1) is 7.28. The van der Waals surface area contributed by atoms with E-state index < -0.39 is 0 Å². The molecule has 1 aliphatic carbocycles. The van der Waals surface area contributed by atoms with Gasteiger partial charge in [0, 0.05) is 17.8 Å². The molecule has 0 heterocycles. The topological polar surface area (TPSA) is 58.3 Å². The molecular formula is C12H18N2O. The smallest absolute Gasteiger partial charge is 0.0681 e. The van der Waals surface area contributed by atoms with Gasteiger partial charge in [-0.15, -0.1) is 0 Å². The Kier molecular flexibility index (Phi) is 3.23. The van der Waals surface area contributed by atoms with Crippen LogP contribution in [0, 0.1) is 0 Å². The number of anilines is 1. The van der Waals surface area contributed by atoms with Crippen LogP contribution in [0.3, 0.4) is 0 Å². The maximum atomic E-state index is 8.91. The molecule has 0 aliphatic heterocycles. The van der Waals surface area contributed by atoms with Crippen molar-refractivity contribution < 1.29 is 5.11 Å². The molecule has 0 amide bonds. The number of nitrogens with one attached hydrogen (secondary N) is 1. The monoisotopic (exact) mass is 206 g/mol. The lowest BCUT2D eigenvalue weighted by Gasteiger charge is -2.13. The SMILES string of the molecule is NC1CCC(Nc2ccc(CO)cc2)C1. The average Bonchev–Trinajstić information content (AvgIpc) is 2.65. The first kappa shape index (κ1) is 10.5. The molecular weight excluding hydrogens is 188 g/mol. The molecule has 3 heteroatoms. The van der Waals surface area contributed by atoms with Crippen LogP contribution in [-0.2, 0) is 6.61 Å². The third kappa shape index (κ3) is 2.70. The van der Waals surface area contributed by atoms with Gasteiger partial charge in [-0.25, -0.2) is 0 Å². The number of hydrogen-bond acceptors (Lipinski definition) is 3. The molecule has 2 rings (SSSR count). The molecule has 0 bridgehead atoms. The van der Waals surface area contributed by atoms with Crippen LogP contribution in [0.25, 0.3) is 0 Å². The predicted molar refractivity (Wildman–Crippen MR) is 61.6 cm³/mol. The van der Waals surface area contributed by atoms with Crippen LogP contribution >= 0.6 is 0 Å².